The lowest BCUT2D eigenvalue weighted by Crippen LogP contribution is -2.25. The first-order chi connectivity index (χ1) is 9.72. The highest BCUT2D eigenvalue weighted by Gasteiger charge is 2.17. The van der Waals surface area contributed by atoms with E-state index in [0.29, 0.717) is 23.2 Å². The van der Waals surface area contributed by atoms with E-state index in [-0.39, 0.29) is 0 Å². The molecule has 0 fully saturated rings. The highest BCUT2D eigenvalue weighted by Crippen LogP contribution is 2.06. The van der Waals surface area contributed by atoms with Crippen molar-refractivity contribution >= 4 is 12.0 Å². The van der Waals surface area contributed by atoms with E-state index in [1.807, 2.05) is 30.3 Å². The van der Waals surface area contributed by atoms with Crippen LogP contribution in [0.1, 0.15) is 5.56 Å². The van der Waals surface area contributed by atoms with Crippen molar-refractivity contribution in [2.75, 3.05) is 0 Å². The summed E-state index contributed by atoms with van der Waals surface area (Å²) in [6, 6.07) is 12.3. The topological polar surface area (TPSA) is 71.8 Å². The summed E-state index contributed by atoms with van der Waals surface area (Å²) >= 11 is 0. The van der Waals surface area contributed by atoms with Crippen LogP contribution >= 0.6 is 0 Å². The summed E-state index contributed by atoms with van der Waals surface area (Å²) in [5.41, 5.74) is 1.05. The van der Waals surface area contributed by atoms with E-state index in [1.165, 1.54) is 6.08 Å². The van der Waals surface area contributed by atoms with E-state index >= 15 is 0 Å². The molecular formula is C15H12N2O3. The minimum Gasteiger partial charge on any atom is -0.479 e. The molecule has 20 heavy (non-hydrogen) atoms. The largest absolute Gasteiger partial charge is 0.479 e. The molecule has 2 heterocycles. The number of rotatable bonds is 4. The van der Waals surface area contributed by atoms with Gasteiger partial charge in [-0.05, 0) is 17.7 Å². The molecule has 5 heteroatoms. The molecule has 1 atom stereocenters. The lowest BCUT2D eigenvalue weighted by atomic mass is 10.2. The molecule has 1 aromatic heterocycles. The first-order valence-corrected chi connectivity index (χ1v) is 6.19. The maximum absolute atomic E-state index is 10.9. The van der Waals surface area contributed by atoms with Gasteiger partial charge in [0.05, 0.1) is 10.7 Å². The number of hydrogen-bond donors (Lipinski definition) is 1. The SMILES string of the molecule is O=C(O)[C@@H]1C=c2nc(OCc3ccccc3)ccc2=N1. The average Bonchev–Trinajstić information content (AvgIpc) is 2.89. The number of aromatic nitrogens is 1. The lowest BCUT2D eigenvalue weighted by Gasteiger charge is -2.04. The Balaban J connectivity index is 1.79. The van der Waals surface area contributed by atoms with Gasteiger partial charge in [-0.25, -0.2) is 9.78 Å². The number of hydrogen-bond acceptors (Lipinski definition) is 4. The van der Waals surface area contributed by atoms with E-state index in [9.17, 15) is 4.79 Å². The number of ether oxygens (including phenoxy) is 1. The number of aliphatic carboxylic acids is 1. The summed E-state index contributed by atoms with van der Waals surface area (Å²) in [6.07, 6.45) is 1.52. The van der Waals surface area contributed by atoms with Gasteiger partial charge in [0.1, 0.15) is 6.61 Å². The molecule has 2 aromatic rings. The zero-order valence-corrected chi connectivity index (χ0v) is 10.6. The quantitative estimate of drug-likeness (QED) is 0.878. The van der Waals surface area contributed by atoms with Gasteiger partial charge in [0.15, 0.2) is 6.04 Å². The van der Waals surface area contributed by atoms with Crippen LogP contribution in [-0.2, 0) is 11.4 Å². The van der Waals surface area contributed by atoms with Crippen molar-refractivity contribution in [3.63, 3.8) is 0 Å². The van der Waals surface area contributed by atoms with Gasteiger partial charge in [-0.15, -0.1) is 0 Å². The van der Waals surface area contributed by atoms with Crippen molar-refractivity contribution in [3.8, 4) is 5.88 Å². The first kappa shape index (κ1) is 12.3. The summed E-state index contributed by atoms with van der Waals surface area (Å²) in [6.45, 7) is 0.423. The second kappa shape index (κ2) is 5.13. The third-order valence-electron chi connectivity index (χ3n) is 2.95. The molecule has 0 unspecified atom stereocenters. The summed E-state index contributed by atoms with van der Waals surface area (Å²) in [5.74, 6) is -0.514. The van der Waals surface area contributed by atoms with Crippen molar-refractivity contribution in [2.24, 2.45) is 4.99 Å². The van der Waals surface area contributed by atoms with Crippen LogP contribution in [0.15, 0.2) is 47.5 Å². The Morgan fingerprint density at radius 3 is 2.75 bits per heavy atom. The van der Waals surface area contributed by atoms with E-state index in [0.717, 1.165) is 5.56 Å². The fourth-order valence-corrected chi connectivity index (χ4v) is 1.96. The predicted octanol–water partition coefficient (Wildman–Crippen LogP) is 0.527. The van der Waals surface area contributed by atoms with Gasteiger partial charge in [0, 0.05) is 6.07 Å². The van der Waals surface area contributed by atoms with E-state index in [1.54, 1.807) is 12.1 Å². The Kier molecular flexibility index (Phi) is 3.16. The third-order valence-corrected chi connectivity index (χ3v) is 2.95. The number of pyridine rings is 1. The van der Waals surface area contributed by atoms with E-state index < -0.39 is 12.0 Å². The van der Waals surface area contributed by atoms with Crippen LogP contribution in [0.4, 0.5) is 0 Å². The molecule has 1 N–H and O–H groups in total. The van der Waals surface area contributed by atoms with Crippen molar-refractivity contribution in [1.82, 2.24) is 4.98 Å². The van der Waals surface area contributed by atoms with Crippen LogP contribution in [0, 0.1) is 0 Å². The van der Waals surface area contributed by atoms with Crippen LogP contribution in [0.25, 0.3) is 6.08 Å². The van der Waals surface area contributed by atoms with E-state index in [2.05, 4.69) is 9.98 Å². The molecule has 0 saturated heterocycles. The number of nitrogens with zero attached hydrogens (tertiary/aromatic N) is 2. The molecule has 100 valence electrons. The van der Waals surface area contributed by atoms with Gasteiger partial charge in [0.25, 0.3) is 0 Å². The Labute approximate surface area is 114 Å². The Hall–Kier alpha value is -2.69. The van der Waals surface area contributed by atoms with Crippen molar-refractivity contribution in [1.29, 1.82) is 0 Å². The second-order valence-electron chi connectivity index (χ2n) is 4.41. The maximum atomic E-state index is 10.9. The normalized spacial score (nSPS) is 15.9. The molecule has 5 nitrogen and oxygen atoms in total. The van der Waals surface area contributed by atoms with Gasteiger partial charge >= 0.3 is 5.97 Å². The molecule has 0 aliphatic carbocycles. The molecule has 0 saturated carbocycles. The van der Waals surface area contributed by atoms with Gasteiger partial charge in [-0.2, -0.15) is 0 Å². The molecule has 0 radical (unpaired) electrons. The molecule has 1 aliphatic heterocycles. The van der Waals surface area contributed by atoms with Crippen molar-refractivity contribution in [3.05, 3.63) is 58.7 Å². The Morgan fingerprint density at radius 1 is 1.20 bits per heavy atom. The Bertz CT molecular complexity index is 756. The van der Waals surface area contributed by atoms with Crippen LogP contribution < -0.4 is 15.4 Å². The summed E-state index contributed by atoms with van der Waals surface area (Å²) < 4.78 is 5.59. The minimum atomic E-state index is -0.977. The molecule has 1 aromatic carbocycles. The fraction of sp³-hybridized carbons (Fsp3) is 0.133. The average molecular weight is 268 g/mol. The predicted molar refractivity (Wildman–Crippen MR) is 71.7 cm³/mol. The number of benzene rings is 1. The van der Waals surface area contributed by atoms with Gasteiger partial charge < -0.3 is 9.84 Å². The zero-order valence-electron chi connectivity index (χ0n) is 10.6. The monoisotopic (exact) mass is 268 g/mol. The summed E-state index contributed by atoms with van der Waals surface area (Å²) in [4.78, 5) is 19.2. The second-order valence-corrected chi connectivity index (χ2v) is 4.41. The lowest BCUT2D eigenvalue weighted by molar-refractivity contribution is -0.136. The standard InChI is InChI=1S/C15H12N2O3/c18-15(19)13-8-12-11(16-13)6-7-14(17-12)20-9-10-4-2-1-3-5-10/h1-8,13H,9H2,(H,18,19)/t13-/m0/s1. The number of fused-ring (bicyclic) bond motifs is 1. The summed E-state index contributed by atoms with van der Waals surface area (Å²) in [7, 11) is 0. The smallest absolute Gasteiger partial charge is 0.332 e. The highest BCUT2D eigenvalue weighted by molar-refractivity contribution is 5.81. The van der Waals surface area contributed by atoms with Crippen LogP contribution in [0.3, 0.4) is 0 Å². The molecular weight excluding hydrogens is 256 g/mol. The van der Waals surface area contributed by atoms with Crippen LogP contribution in [-0.4, -0.2) is 22.1 Å². The summed E-state index contributed by atoms with van der Waals surface area (Å²) in [5, 5.41) is 10.1. The zero-order chi connectivity index (χ0) is 13.9. The van der Waals surface area contributed by atoms with Gasteiger partial charge in [0.2, 0.25) is 5.88 Å². The highest BCUT2D eigenvalue weighted by atomic mass is 16.5. The fourth-order valence-electron chi connectivity index (χ4n) is 1.96. The molecule has 1 aliphatic rings. The molecule has 0 bridgehead atoms. The van der Waals surface area contributed by atoms with Crippen LogP contribution in [0.2, 0.25) is 0 Å². The van der Waals surface area contributed by atoms with E-state index in [4.69, 9.17) is 9.84 Å². The van der Waals surface area contributed by atoms with Crippen molar-refractivity contribution in [2.45, 2.75) is 12.6 Å². The van der Waals surface area contributed by atoms with Crippen LogP contribution in [0.5, 0.6) is 5.88 Å². The Morgan fingerprint density at radius 2 is 2.00 bits per heavy atom. The van der Waals surface area contributed by atoms with Gasteiger partial charge in [-0.1, -0.05) is 30.3 Å². The van der Waals surface area contributed by atoms with Crippen molar-refractivity contribution < 1.29 is 14.6 Å². The maximum Gasteiger partial charge on any atom is 0.332 e. The molecule has 0 spiro atoms. The molecule has 0 amide bonds. The minimum absolute atomic E-state index is 0.423. The molecule has 3 rings (SSSR count). The number of carbonyl (C=O) groups is 1. The number of carboxylic acids is 1. The third kappa shape index (κ3) is 2.51. The number of carboxylic acid groups (broad SMARTS) is 1. The van der Waals surface area contributed by atoms with Gasteiger partial charge in [-0.3, -0.25) is 4.99 Å². The first-order valence-electron chi connectivity index (χ1n) is 6.19.